The Bertz CT molecular complexity index is 1830. The molecule has 1 saturated heterocycles. The van der Waals surface area contributed by atoms with Crippen molar-refractivity contribution >= 4 is 11.9 Å². The van der Waals surface area contributed by atoms with Gasteiger partial charge in [-0.15, -0.1) is 0 Å². The summed E-state index contributed by atoms with van der Waals surface area (Å²) in [4.78, 5) is 26.8. The molecule has 0 bridgehead atoms. The van der Waals surface area contributed by atoms with Gasteiger partial charge in [-0.25, -0.2) is 0 Å². The van der Waals surface area contributed by atoms with E-state index in [9.17, 15) is 35.1 Å². The zero-order valence-electron chi connectivity index (χ0n) is 59.7. The van der Waals surface area contributed by atoms with Crippen LogP contribution in [0.4, 0.5) is 0 Å². The van der Waals surface area contributed by atoms with Crippen LogP contribution in [0.5, 0.6) is 0 Å². The topological polar surface area (TPSA) is 175 Å². The Kier molecular flexibility index (Phi) is 64.0. The molecular weight excluding hydrogens is 1150 g/mol. The van der Waals surface area contributed by atoms with E-state index in [4.69, 9.17) is 14.2 Å². The minimum atomic E-state index is -1.62. The summed E-state index contributed by atoms with van der Waals surface area (Å²) in [6.07, 6.45) is 80.7. The first-order valence-electron chi connectivity index (χ1n) is 38.9. The number of aliphatic hydroxyl groups excluding tert-OH is 5. The molecule has 1 rings (SSSR count). The highest BCUT2D eigenvalue weighted by atomic mass is 16.7. The van der Waals surface area contributed by atoms with Crippen molar-refractivity contribution in [2.45, 2.75) is 404 Å². The fraction of sp³-hybridized carbons (Fsp3) is 0.802. The molecule has 1 aliphatic rings. The highest BCUT2D eigenvalue weighted by Gasteiger charge is 2.47. The Hall–Kier alpha value is -3.16. The minimum Gasteiger partial charge on any atom is -0.454 e. The molecule has 11 heteroatoms. The van der Waals surface area contributed by atoms with Gasteiger partial charge in [0.15, 0.2) is 12.4 Å². The summed E-state index contributed by atoms with van der Waals surface area (Å²) in [5, 5.41) is 57.4. The Balaban J connectivity index is 2.52. The summed E-state index contributed by atoms with van der Waals surface area (Å²) in [6, 6.07) is -1.04. The van der Waals surface area contributed by atoms with Gasteiger partial charge in [0.05, 0.1) is 25.4 Å². The molecule has 92 heavy (non-hydrogen) atoms. The van der Waals surface area contributed by atoms with Crippen molar-refractivity contribution in [2.24, 2.45) is 0 Å². The Morgan fingerprint density at radius 1 is 0.435 bits per heavy atom. The number of hydrogen-bond donors (Lipinski definition) is 6. The number of aliphatic hydroxyl groups is 5. The molecule has 1 aliphatic heterocycles. The average Bonchev–Trinajstić information content (AvgIpc) is 0.928. The van der Waals surface area contributed by atoms with Gasteiger partial charge in [-0.1, -0.05) is 356 Å². The van der Waals surface area contributed by atoms with Crippen molar-refractivity contribution in [3.05, 3.63) is 85.1 Å². The second-order valence-corrected chi connectivity index (χ2v) is 26.7. The molecule has 0 aromatic rings. The number of esters is 1. The van der Waals surface area contributed by atoms with E-state index in [1.807, 2.05) is 6.08 Å². The monoisotopic (exact) mass is 1290 g/mol. The lowest BCUT2D eigenvalue weighted by Crippen LogP contribution is -2.61. The number of carbonyl (C=O) groups excluding carboxylic acids is 2. The lowest BCUT2D eigenvalue weighted by atomic mass is 9.99. The first kappa shape index (κ1) is 86.9. The van der Waals surface area contributed by atoms with E-state index in [2.05, 4.69) is 99.0 Å². The molecule has 11 nitrogen and oxygen atoms in total. The summed E-state index contributed by atoms with van der Waals surface area (Å²) in [6.45, 7) is 5.72. The molecule has 8 unspecified atom stereocenters. The van der Waals surface area contributed by atoms with Gasteiger partial charge in [0.2, 0.25) is 5.91 Å². The third-order valence-corrected chi connectivity index (χ3v) is 18.1. The molecule has 0 saturated carbocycles. The van der Waals surface area contributed by atoms with Crippen LogP contribution < -0.4 is 5.32 Å². The molecule has 6 N–H and O–H groups in total. The summed E-state index contributed by atoms with van der Waals surface area (Å²) in [5.74, 6) is -1.20. The van der Waals surface area contributed by atoms with Crippen LogP contribution in [-0.4, -0.2) is 99.6 Å². The first-order valence-corrected chi connectivity index (χ1v) is 38.9. The smallest absolute Gasteiger partial charge is 0.306 e. The number of allylic oxidation sites excluding steroid dienone is 13. The van der Waals surface area contributed by atoms with Crippen LogP contribution in [0.15, 0.2) is 85.1 Å². The van der Waals surface area contributed by atoms with Gasteiger partial charge < -0.3 is 45.1 Å². The SMILES string of the molecule is CC/C=C\C/C=C\C/C=C\C/C=C\C/C=C\C/C=C\CCCCCCCC(O)C(=O)NC(COC1OC(CO)C(O)C(O)C1OC(=O)CCCCCCCCCCCCCCCCCCCCCCCCCCCCC)C(O)/C=C/CCCCCCCCCCCC. The highest BCUT2D eigenvalue weighted by Crippen LogP contribution is 2.27. The predicted molar refractivity (Wildman–Crippen MR) is 389 cm³/mol. The number of ether oxygens (including phenoxy) is 3. The molecule has 0 spiro atoms. The van der Waals surface area contributed by atoms with Crippen LogP contribution in [0.3, 0.4) is 0 Å². The van der Waals surface area contributed by atoms with Crippen LogP contribution in [0.2, 0.25) is 0 Å². The second kappa shape index (κ2) is 67.8. The van der Waals surface area contributed by atoms with Gasteiger partial charge >= 0.3 is 5.97 Å². The Labute approximate surface area is 565 Å². The summed E-state index contributed by atoms with van der Waals surface area (Å²) < 4.78 is 17.7. The average molecular weight is 1290 g/mol. The van der Waals surface area contributed by atoms with E-state index in [1.54, 1.807) is 6.08 Å². The van der Waals surface area contributed by atoms with Crippen molar-refractivity contribution in [1.29, 1.82) is 0 Å². The number of carbonyl (C=O) groups is 2. The molecule has 534 valence electrons. The van der Waals surface area contributed by atoms with Gasteiger partial charge in [-0.05, 0) is 77.0 Å². The van der Waals surface area contributed by atoms with Crippen LogP contribution >= 0.6 is 0 Å². The van der Waals surface area contributed by atoms with Gasteiger partial charge in [-0.3, -0.25) is 9.59 Å². The van der Waals surface area contributed by atoms with Crippen molar-refractivity contribution in [1.82, 2.24) is 5.32 Å². The number of amides is 1. The summed E-state index contributed by atoms with van der Waals surface area (Å²) in [7, 11) is 0. The summed E-state index contributed by atoms with van der Waals surface area (Å²) in [5.41, 5.74) is 0. The lowest BCUT2D eigenvalue weighted by molar-refractivity contribution is -0.305. The number of nitrogens with one attached hydrogen (secondary N) is 1. The number of rotatable bonds is 67. The van der Waals surface area contributed by atoms with Crippen LogP contribution in [-0.2, 0) is 23.8 Å². The zero-order chi connectivity index (χ0) is 66.7. The van der Waals surface area contributed by atoms with Crippen molar-refractivity contribution in [3.8, 4) is 0 Å². The zero-order valence-corrected chi connectivity index (χ0v) is 59.7. The van der Waals surface area contributed by atoms with Crippen molar-refractivity contribution in [2.75, 3.05) is 13.2 Å². The Morgan fingerprint density at radius 3 is 1.17 bits per heavy atom. The maximum Gasteiger partial charge on any atom is 0.306 e. The van der Waals surface area contributed by atoms with Crippen molar-refractivity contribution < 1.29 is 49.3 Å². The lowest BCUT2D eigenvalue weighted by Gasteiger charge is -2.41. The van der Waals surface area contributed by atoms with Gasteiger partial charge in [0.25, 0.3) is 0 Å². The first-order chi connectivity index (χ1) is 45.2. The minimum absolute atomic E-state index is 0.123. The third-order valence-electron chi connectivity index (χ3n) is 18.1. The van der Waals surface area contributed by atoms with E-state index in [0.717, 1.165) is 109 Å². The fourth-order valence-corrected chi connectivity index (χ4v) is 12.0. The quantitative estimate of drug-likeness (QED) is 0.0195. The number of unbranched alkanes of at least 4 members (excludes halogenated alkanes) is 41. The largest absolute Gasteiger partial charge is 0.454 e. The fourth-order valence-electron chi connectivity index (χ4n) is 12.0. The highest BCUT2D eigenvalue weighted by molar-refractivity contribution is 5.80. The van der Waals surface area contributed by atoms with E-state index in [0.29, 0.717) is 12.8 Å². The molecule has 1 amide bonds. The molecule has 0 radical (unpaired) electrons. The normalized spacial score (nSPS) is 18.4. The van der Waals surface area contributed by atoms with Crippen LogP contribution in [0.1, 0.15) is 355 Å². The summed E-state index contributed by atoms with van der Waals surface area (Å²) >= 11 is 0. The molecule has 0 aromatic heterocycles. The second-order valence-electron chi connectivity index (χ2n) is 26.7. The van der Waals surface area contributed by atoms with E-state index in [-0.39, 0.29) is 19.4 Å². The molecule has 0 aromatic carbocycles. The van der Waals surface area contributed by atoms with Gasteiger partial charge in [0, 0.05) is 6.42 Å². The van der Waals surface area contributed by atoms with Gasteiger partial charge in [0.1, 0.15) is 24.4 Å². The molecule has 1 heterocycles. The van der Waals surface area contributed by atoms with E-state index < -0.39 is 67.4 Å². The number of hydrogen-bond acceptors (Lipinski definition) is 10. The third kappa shape index (κ3) is 54.0. The molecule has 8 atom stereocenters. The Morgan fingerprint density at radius 2 is 0.783 bits per heavy atom. The molecular formula is C81H145NO10. The van der Waals surface area contributed by atoms with Crippen LogP contribution in [0.25, 0.3) is 0 Å². The van der Waals surface area contributed by atoms with E-state index in [1.165, 1.54) is 199 Å². The molecule has 0 aliphatic carbocycles. The van der Waals surface area contributed by atoms with Gasteiger partial charge in [-0.2, -0.15) is 0 Å². The maximum absolute atomic E-state index is 13.5. The van der Waals surface area contributed by atoms with Crippen LogP contribution in [0, 0.1) is 0 Å². The van der Waals surface area contributed by atoms with Crippen molar-refractivity contribution in [3.63, 3.8) is 0 Å². The maximum atomic E-state index is 13.5. The standard InChI is InChI=1S/C81H145NO10/c1-4-7-10-13-16-19-22-25-27-29-31-33-35-37-38-39-41-43-45-47-49-51-54-57-60-63-66-69-76(86)92-79-78(88)77(87)75(70-83)91-81(79)90-71-72(73(84)67-64-61-58-55-52-24-21-18-15-12-9-6-3)82-80(89)74(85)68-65-62-59-56-53-50-48-46-44-42-40-36-34-32-30-28-26-23-20-17-14-11-8-5-2/h8,11,17,20,26,28,32,34,40,42,46,48,64,67,72-75,77-79,81,83-85,87-88H,4-7,9-10,12-16,18-19,21-25,27,29-31,33,35-39,41,43-45,47,49-63,65-66,68-71H2,1-3H3,(H,82,89)/b11-8-,20-17-,28-26-,34-32-,42-40-,48-46-,67-64+. The predicted octanol–water partition coefficient (Wildman–Crippen LogP) is 20.8. The van der Waals surface area contributed by atoms with E-state index >= 15 is 0 Å². The molecule has 1 fully saturated rings.